The molecule has 0 saturated carbocycles. The Labute approximate surface area is 147 Å². The van der Waals surface area contributed by atoms with Crippen molar-refractivity contribution in [3.05, 3.63) is 46.1 Å². The molecule has 1 amide bonds. The fourth-order valence-electron chi connectivity index (χ4n) is 1.87. The Morgan fingerprint density at radius 3 is 2.67 bits per heavy atom. The van der Waals surface area contributed by atoms with Gasteiger partial charge in [0.25, 0.3) is 11.8 Å². The van der Waals surface area contributed by atoms with Gasteiger partial charge in [0.05, 0.1) is 0 Å². The Hall–Kier alpha value is -2.38. The molecule has 124 valence electrons. The van der Waals surface area contributed by atoms with E-state index in [9.17, 15) is 4.79 Å². The van der Waals surface area contributed by atoms with Gasteiger partial charge >= 0.3 is 6.01 Å². The van der Waals surface area contributed by atoms with Crippen molar-refractivity contribution in [1.29, 1.82) is 0 Å². The molecular formula is C16H14ClN3O3S. The highest BCUT2D eigenvalue weighted by atomic mass is 35.5. The van der Waals surface area contributed by atoms with Crippen LogP contribution in [-0.2, 0) is 4.79 Å². The summed E-state index contributed by atoms with van der Waals surface area (Å²) in [5, 5.41) is 14.7. The molecule has 2 aromatic heterocycles. The normalized spacial score (nSPS) is 11.3. The van der Waals surface area contributed by atoms with Crippen molar-refractivity contribution >= 4 is 34.9 Å². The summed E-state index contributed by atoms with van der Waals surface area (Å²) < 4.78 is 11.2. The number of amides is 1. The maximum atomic E-state index is 12.4. The molecule has 0 saturated heterocycles. The van der Waals surface area contributed by atoms with E-state index in [1.807, 2.05) is 16.8 Å². The van der Waals surface area contributed by atoms with Crippen molar-refractivity contribution in [2.45, 2.75) is 19.4 Å². The van der Waals surface area contributed by atoms with Gasteiger partial charge < -0.3 is 9.15 Å². The zero-order valence-corrected chi connectivity index (χ0v) is 14.5. The van der Waals surface area contributed by atoms with Gasteiger partial charge in [0, 0.05) is 16.0 Å². The largest absolute Gasteiger partial charge is 0.478 e. The van der Waals surface area contributed by atoms with Gasteiger partial charge in [-0.2, -0.15) is 11.3 Å². The SMILES string of the molecule is CC(C)(Oc1ccc(Cl)cc1)C(=O)Nc1nnc(-c2ccsc2)o1. The van der Waals surface area contributed by atoms with Crippen molar-refractivity contribution < 1.29 is 13.9 Å². The summed E-state index contributed by atoms with van der Waals surface area (Å²) in [6, 6.07) is 8.65. The first-order valence-corrected chi connectivity index (χ1v) is 8.38. The molecule has 24 heavy (non-hydrogen) atoms. The number of ether oxygens (including phenoxy) is 1. The number of carbonyl (C=O) groups excluding carboxylic acids is 1. The van der Waals surface area contributed by atoms with Gasteiger partial charge in [-0.1, -0.05) is 16.7 Å². The molecule has 0 fully saturated rings. The van der Waals surface area contributed by atoms with E-state index in [0.29, 0.717) is 16.7 Å². The zero-order valence-electron chi connectivity index (χ0n) is 12.9. The molecule has 0 aliphatic carbocycles. The van der Waals surface area contributed by atoms with Crippen LogP contribution in [-0.4, -0.2) is 21.7 Å². The quantitative estimate of drug-likeness (QED) is 0.733. The molecule has 2 heterocycles. The van der Waals surface area contributed by atoms with Crippen LogP contribution in [0.3, 0.4) is 0 Å². The van der Waals surface area contributed by atoms with Gasteiger partial charge in [0.15, 0.2) is 5.60 Å². The van der Waals surface area contributed by atoms with Crippen LogP contribution in [0, 0.1) is 0 Å². The number of rotatable bonds is 5. The topological polar surface area (TPSA) is 77.2 Å². The Morgan fingerprint density at radius 2 is 2.00 bits per heavy atom. The molecule has 0 radical (unpaired) electrons. The second-order valence-electron chi connectivity index (χ2n) is 5.44. The summed E-state index contributed by atoms with van der Waals surface area (Å²) in [6.45, 7) is 3.29. The third-order valence-corrected chi connectivity index (χ3v) is 4.08. The van der Waals surface area contributed by atoms with E-state index >= 15 is 0 Å². The molecule has 0 unspecified atom stereocenters. The maximum absolute atomic E-state index is 12.4. The van der Waals surface area contributed by atoms with Crippen LogP contribution in [0.1, 0.15) is 13.8 Å². The van der Waals surface area contributed by atoms with Crippen molar-refractivity contribution in [3.63, 3.8) is 0 Å². The molecule has 0 aliphatic rings. The zero-order chi connectivity index (χ0) is 17.2. The van der Waals surface area contributed by atoms with Crippen LogP contribution in [0.5, 0.6) is 5.75 Å². The van der Waals surface area contributed by atoms with Gasteiger partial charge in [-0.05, 0) is 49.6 Å². The van der Waals surface area contributed by atoms with Gasteiger partial charge in [0.2, 0.25) is 0 Å². The predicted molar refractivity (Wildman–Crippen MR) is 92.4 cm³/mol. The van der Waals surface area contributed by atoms with E-state index in [4.69, 9.17) is 20.8 Å². The molecule has 6 nitrogen and oxygen atoms in total. The number of hydrogen-bond acceptors (Lipinski definition) is 6. The number of thiophene rings is 1. The maximum Gasteiger partial charge on any atom is 0.322 e. The van der Waals surface area contributed by atoms with Gasteiger partial charge in [-0.25, -0.2) is 0 Å². The van der Waals surface area contributed by atoms with E-state index in [1.165, 1.54) is 11.3 Å². The highest BCUT2D eigenvalue weighted by molar-refractivity contribution is 7.08. The smallest absolute Gasteiger partial charge is 0.322 e. The second-order valence-corrected chi connectivity index (χ2v) is 6.66. The first-order chi connectivity index (χ1) is 11.4. The summed E-state index contributed by atoms with van der Waals surface area (Å²) >= 11 is 7.36. The molecule has 0 atom stereocenters. The van der Waals surface area contributed by atoms with Crippen molar-refractivity contribution in [2.75, 3.05) is 5.32 Å². The van der Waals surface area contributed by atoms with Crippen LogP contribution < -0.4 is 10.1 Å². The van der Waals surface area contributed by atoms with E-state index in [2.05, 4.69) is 15.5 Å². The number of carbonyl (C=O) groups is 1. The molecule has 3 rings (SSSR count). The number of nitrogens with zero attached hydrogens (tertiary/aromatic N) is 2. The van der Waals surface area contributed by atoms with Crippen molar-refractivity contribution in [2.24, 2.45) is 0 Å². The average molecular weight is 364 g/mol. The molecule has 0 bridgehead atoms. The highest BCUT2D eigenvalue weighted by Crippen LogP contribution is 2.24. The molecule has 1 N–H and O–H groups in total. The minimum atomic E-state index is -1.13. The summed E-state index contributed by atoms with van der Waals surface area (Å²) in [4.78, 5) is 12.4. The molecule has 0 spiro atoms. The van der Waals surface area contributed by atoms with E-state index in [-0.39, 0.29) is 6.01 Å². The monoisotopic (exact) mass is 363 g/mol. The Balaban J connectivity index is 1.68. The summed E-state index contributed by atoms with van der Waals surface area (Å²) in [5.74, 6) is 0.477. The molecular weight excluding hydrogens is 350 g/mol. The number of aromatic nitrogens is 2. The number of halogens is 1. The fourth-order valence-corrected chi connectivity index (χ4v) is 2.62. The Kier molecular flexibility index (Phi) is 4.55. The lowest BCUT2D eigenvalue weighted by molar-refractivity contribution is -0.128. The number of anilines is 1. The second kappa shape index (κ2) is 6.62. The van der Waals surface area contributed by atoms with Gasteiger partial charge in [-0.15, -0.1) is 5.10 Å². The lowest BCUT2D eigenvalue weighted by atomic mass is 10.1. The van der Waals surface area contributed by atoms with Crippen LogP contribution >= 0.6 is 22.9 Å². The fraction of sp³-hybridized carbons (Fsp3) is 0.188. The average Bonchev–Trinajstić information content (AvgIpc) is 3.20. The first-order valence-electron chi connectivity index (χ1n) is 7.06. The first kappa shape index (κ1) is 16.5. The number of hydrogen-bond donors (Lipinski definition) is 1. The van der Waals surface area contributed by atoms with E-state index in [0.717, 1.165) is 5.56 Å². The molecule has 0 aliphatic heterocycles. The third kappa shape index (κ3) is 3.74. The predicted octanol–water partition coefficient (Wildman–Crippen LogP) is 4.25. The van der Waals surface area contributed by atoms with Gasteiger partial charge in [0.1, 0.15) is 5.75 Å². The van der Waals surface area contributed by atoms with E-state index < -0.39 is 11.5 Å². The van der Waals surface area contributed by atoms with Crippen molar-refractivity contribution in [1.82, 2.24) is 10.2 Å². The highest BCUT2D eigenvalue weighted by Gasteiger charge is 2.31. The van der Waals surface area contributed by atoms with Crippen LogP contribution in [0.4, 0.5) is 6.01 Å². The third-order valence-electron chi connectivity index (χ3n) is 3.15. The molecule has 8 heteroatoms. The summed E-state index contributed by atoms with van der Waals surface area (Å²) in [7, 11) is 0. The lowest BCUT2D eigenvalue weighted by Crippen LogP contribution is -2.42. The van der Waals surface area contributed by atoms with Gasteiger partial charge in [-0.3, -0.25) is 10.1 Å². The lowest BCUT2D eigenvalue weighted by Gasteiger charge is -2.24. The number of benzene rings is 1. The minimum Gasteiger partial charge on any atom is -0.478 e. The minimum absolute atomic E-state index is 0.0222. The van der Waals surface area contributed by atoms with E-state index in [1.54, 1.807) is 38.1 Å². The van der Waals surface area contributed by atoms with Crippen LogP contribution in [0.2, 0.25) is 5.02 Å². The molecule has 3 aromatic rings. The summed E-state index contributed by atoms with van der Waals surface area (Å²) in [6.07, 6.45) is 0. The Morgan fingerprint density at radius 1 is 1.25 bits per heavy atom. The Bertz CT molecular complexity index is 829. The van der Waals surface area contributed by atoms with Crippen LogP contribution in [0.15, 0.2) is 45.5 Å². The summed E-state index contributed by atoms with van der Waals surface area (Å²) in [5.41, 5.74) is -0.324. The van der Waals surface area contributed by atoms with Crippen molar-refractivity contribution in [3.8, 4) is 17.2 Å². The van der Waals surface area contributed by atoms with Crippen LogP contribution in [0.25, 0.3) is 11.5 Å². The number of nitrogens with one attached hydrogen (secondary N) is 1. The standard InChI is InChI=1S/C16H14ClN3O3S/c1-16(2,23-12-5-3-11(17)4-6-12)14(21)18-15-20-19-13(22-15)10-7-8-24-9-10/h3-9H,1-2H3,(H,18,20,21). The molecule has 1 aromatic carbocycles.